The number of likely N-dealkylation sites (N-methyl/N-ethyl adjacent to an activating group) is 1. The number of fused-ring (bicyclic) bond motifs is 2. The molecule has 232 valence electrons. The molecular formula is C34H51N3O4S. The Morgan fingerprint density at radius 3 is 2.60 bits per heavy atom. The molecule has 6 unspecified atom stereocenters. The zero-order valence-electron chi connectivity index (χ0n) is 25.9. The second kappa shape index (κ2) is 15.1. The Morgan fingerprint density at radius 1 is 1.07 bits per heavy atom. The van der Waals surface area contributed by atoms with E-state index in [1.807, 2.05) is 24.1 Å². The molecule has 1 spiro atoms. The Kier molecular flexibility index (Phi) is 11.8. The van der Waals surface area contributed by atoms with Gasteiger partial charge in [0.2, 0.25) is 5.91 Å². The van der Waals surface area contributed by atoms with Crippen molar-refractivity contribution in [3.8, 4) is 0 Å². The summed E-state index contributed by atoms with van der Waals surface area (Å²) in [7, 11) is 5.61. The van der Waals surface area contributed by atoms with Crippen LogP contribution in [0.1, 0.15) is 99.4 Å². The van der Waals surface area contributed by atoms with E-state index < -0.39 is 0 Å². The van der Waals surface area contributed by atoms with Crippen molar-refractivity contribution >= 4 is 36.5 Å². The first-order valence-corrected chi connectivity index (χ1v) is 17.0. The van der Waals surface area contributed by atoms with Gasteiger partial charge in [0.05, 0.1) is 6.04 Å². The molecule has 42 heavy (non-hydrogen) atoms. The molecule has 4 aliphatic rings. The summed E-state index contributed by atoms with van der Waals surface area (Å²) in [6.07, 6.45) is 17.4. The maximum Gasteiger partial charge on any atom is 0.219 e. The van der Waals surface area contributed by atoms with E-state index in [-0.39, 0.29) is 18.4 Å². The normalized spacial score (nSPS) is 28.8. The van der Waals surface area contributed by atoms with Gasteiger partial charge in [-0.2, -0.15) is 0 Å². The van der Waals surface area contributed by atoms with E-state index in [1.165, 1.54) is 19.3 Å². The SMILES string of the molecule is CNC(=O)CCC(C=O)N(C)Cc1c(C=O)cccc1SCCCCCCC=O.CNC12CC3CC4CC(C1)C4(C3)C2. The molecule has 8 heteroatoms. The number of nitrogens with one attached hydrogen (secondary N) is 2. The van der Waals surface area contributed by atoms with Gasteiger partial charge >= 0.3 is 0 Å². The Balaban J connectivity index is 0.000000250. The van der Waals surface area contributed by atoms with Crippen molar-refractivity contribution in [1.29, 1.82) is 0 Å². The summed E-state index contributed by atoms with van der Waals surface area (Å²) in [4.78, 5) is 47.8. The predicted molar refractivity (Wildman–Crippen MR) is 169 cm³/mol. The number of benzene rings is 1. The fourth-order valence-corrected chi connectivity index (χ4v) is 9.78. The summed E-state index contributed by atoms with van der Waals surface area (Å²) in [5, 5.41) is 6.23. The maximum atomic E-state index is 11.6. The van der Waals surface area contributed by atoms with Crippen LogP contribution in [-0.2, 0) is 20.9 Å². The molecular weight excluding hydrogens is 546 g/mol. The number of nitrogens with zero attached hydrogens (tertiary/aromatic N) is 1. The summed E-state index contributed by atoms with van der Waals surface area (Å²) in [5.74, 6) is 4.22. The number of rotatable bonds is 17. The van der Waals surface area contributed by atoms with Crippen molar-refractivity contribution in [3.63, 3.8) is 0 Å². The van der Waals surface area contributed by atoms with Crippen molar-refractivity contribution in [2.24, 2.45) is 23.2 Å². The third-order valence-electron chi connectivity index (χ3n) is 10.8. The number of unbranched alkanes of at least 4 members (excludes halogenated alkanes) is 4. The molecule has 4 saturated carbocycles. The zero-order chi connectivity index (χ0) is 30.2. The largest absolute Gasteiger partial charge is 0.359 e. The summed E-state index contributed by atoms with van der Waals surface area (Å²) < 4.78 is 0. The van der Waals surface area contributed by atoms with Crippen molar-refractivity contribution in [2.75, 3.05) is 26.9 Å². The molecule has 3 bridgehead atoms. The van der Waals surface area contributed by atoms with Gasteiger partial charge in [-0.1, -0.05) is 25.0 Å². The topological polar surface area (TPSA) is 95.6 Å². The number of aldehydes is 3. The Morgan fingerprint density at radius 2 is 1.88 bits per heavy atom. The van der Waals surface area contributed by atoms with Gasteiger partial charge in [0.15, 0.2) is 0 Å². The van der Waals surface area contributed by atoms with E-state index in [0.29, 0.717) is 30.5 Å². The summed E-state index contributed by atoms with van der Waals surface area (Å²) in [6, 6.07) is 5.29. The lowest BCUT2D eigenvalue weighted by Crippen LogP contribution is -2.45. The van der Waals surface area contributed by atoms with Crippen molar-refractivity contribution in [2.45, 2.75) is 106 Å². The van der Waals surface area contributed by atoms with Crippen LogP contribution >= 0.6 is 11.8 Å². The molecule has 6 atom stereocenters. The number of hydrogen-bond acceptors (Lipinski definition) is 7. The van der Waals surface area contributed by atoms with E-state index in [4.69, 9.17) is 0 Å². The van der Waals surface area contributed by atoms with Gasteiger partial charge in [-0.3, -0.25) is 14.5 Å². The molecule has 0 radical (unpaired) electrons. The zero-order valence-corrected chi connectivity index (χ0v) is 26.7. The first-order valence-electron chi connectivity index (χ1n) is 16.0. The number of amides is 1. The van der Waals surface area contributed by atoms with Crippen LogP contribution in [0.4, 0.5) is 0 Å². The van der Waals surface area contributed by atoms with Crippen molar-refractivity contribution in [3.05, 3.63) is 29.3 Å². The lowest BCUT2D eigenvalue weighted by atomic mass is 9.56. The average Bonchev–Trinajstić information content (AvgIpc) is 3.32. The van der Waals surface area contributed by atoms with Gasteiger partial charge < -0.3 is 20.2 Å². The third kappa shape index (κ3) is 7.36. The predicted octanol–water partition coefficient (Wildman–Crippen LogP) is 5.44. The van der Waals surface area contributed by atoms with E-state index >= 15 is 0 Å². The molecule has 1 aromatic carbocycles. The number of carbonyl (C=O) groups excluding carboxylic acids is 4. The molecule has 1 amide bonds. The molecule has 4 aliphatic carbocycles. The van der Waals surface area contributed by atoms with Crippen LogP contribution in [-0.4, -0.2) is 68.1 Å². The minimum absolute atomic E-state index is 0.0945. The van der Waals surface area contributed by atoms with Gasteiger partial charge in [-0.05, 0) is 112 Å². The second-order valence-corrected chi connectivity index (χ2v) is 14.4. The Bertz CT molecular complexity index is 1090. The second-order valence-electron chi connectivity index (χ2n) is 13.3. The van der Waals surface area contributed by atoms with Crippen LogP contribution < -0.4 is 10.6 Å². The van der Waals surface area contributed by atoms with Crippen LogP contribution in [0.3, 0.4) is 0 Å². The standard InChI is InChI=1S/C22H32N2O4S.C12H19N/c1-23-22(28)12-11-19(17-27)24(2)15-20-18(16-26)9-8-10-21(20)29-14-7-5-3-4-6-13-25;1-13-11-4-8-2-9-3-10(6-11)12(9,5-8)7-11/h8-10,13,16-17,19H,3-7,11-12,14-15H2,1-2H3,(H,23,28);8-10,13H,2-7H2,1H3. The molecule has 5 rings (SSSR count). The highest BCUT2D eigenvalue weighted by Crippen LogP contribution is 2.76. The third-order valence-corrected chi connectivity index (χ3v) is 12.0. The fraction of sp³-hybridized carbons (Fsp3) is 0.706. The molecule has 0 aromatic heterocycles. The molecule has 4 fully saturated rings. The molecule has 7 nitrogen and oxygen atoms in total. The first-order chi connectivity index (χ1) is 20.3. The molecule has 1 aromatic rings. The van der Waals surface area contributed by atoms with Crippen molar-refractivity contribution in [1.82, 2.24) is 15.5 Å². The van der Waals surface area contributed by atoms with E-state index in [9.17, 15) is 19.2 Å². The van der Waals surface area contributed by atoms with Crippen LogP contribution in [0.5, 0.6) is 0 Å². The van der Waals surface area contributed by atoms with Gasteiger partial charge in [0.25, 0.3) is 0 Å². The van der Waals surface area contributed by atoms with Gasteiger partial charge in [-0.25, -0.2) is 0 Å². The van der Waals surface area contributed by atoms with E-state index in [1.54, 1.807) is 44.1 Å². The maximum absolute atomic E-state index is 11.6. The van der Waals surface area contributed by atoms with Gasteiger partial charge in [0, 0.05) is 42.4 Å². The Hall–Kier alpha value is -2.03. The van der Waals surface area contributed by atoms with Crippen LogP contribution in [0.25, 0.3) is 0 Å². The minimum Gasteiger partial charge on any atom is -0.359 e. The van der Waals surface area contributed by atoms with Crippen LogP contribution in [0, 0.1) is 23.2 Å². The van der Waals surface area contributed by atoms with E-state index in [0.717, 1.165) is 83.9 Å². The molecule has 0 heterocycles. The lowest BCUT2D eigenvalue weighted by molar-refractivity contribution is -0.121. The number of thioether (sulfide) groups is 1. The smallest absolute Gasteiger partial charge is 0.219 e. The Labute approximate surface area is 256 Å². The summed E-state index contributed by atoms with van der Waals surface area (Å²) >= 11 is 1.72. The lowest BCUT2D eigenvalue weighted by Gasteiger charge is -2.49. The first kappa shape index (κ1) is 32.9. The molecule has 0 aliphatic heterocycles. The number of hydrogen-bond donors (Lipinski definition) is 2. The van der Waals surface area contributed by atoms with Gasteiger partial charge in [0.1, 0.15) is 18.9 Å². The highest BCUT2D eigenvalue weighted by Gasteiger charge is 2.70. The fourth-order valence-electron chi connectivity index (χ4n) is 8.68. The summed E-state index contributed by atoms with van der Waals surface area (Å²) in [6.45, 7) is 0.466. The van der Waals surface area contributed by atoms with Crippen LogP contribution in [0.2, 0.25) is 0 Å². The molecule has 0 saturated heterocycles. The highest BCUT2D eigenvalue weighted by atomic mass is 32.2. The minimum atomic E-state index is -0.386. The van der Waals surface area contributed by atoms with Crippen molar-refractivity contribution < 1.29 is 19.2 Å². The molecule has 2 N–H and O–H groups in total. The number of carbonyl (C=O) groups is 4. The van der Waals surface area contributed by atoms with Crippen LogP contribution in [0.15, 0.2) is 23.1 Å². The van der Waals surface area contributed by atoms with Gasteiger partial charge in [-0.15, -0.1) is 11.8 Å². The quantitative estimate of drug-likeness (QED) is 0.140. The highest BCUT2D eigenvalue weighted by molar-refractivity contribution is 7.99. The van der Waals surface area contributed by atoms with E-state index in [2.05, 4.69) is 17.7 Å². The average molecular weight is 598 g/mol. The summed E-state index contributed by atoms with van der Waals surface area (Å²) in [5.41, 5.74) is 3.01. The monoisotopic (exact) mass is 597 g/mol.